The summed E-state index contributed by atoms with van der Waals surface area (Å²) in [4.78, 5) is 0. The number of nitrogens with one attached hydrogen (secondary N) is 1. The van der Waals surface area contributed by atoms with E-state index in [2.05, 4.69) is 5.32 Å². The van der Waals surface area contributed by atoms with Crippen LogP contribution in [0.4, 0.5) is 0 Å². The highest BCUT2D eigenvalue weighted by atomic mass is 35.5. The fourth-order valence-corrected chi connectivity index (χ4v) is 6.05. The number of rotatable bonds is 6. The molecular weight excluding hydrogens is 322 g/mol. The highest BCUT2D eigenvalue weighted by Gasteiger charge is 2.50. The molecule has 4 fully saturated rings. The Morgan fingerprint density at radius 3 is 2.29 bits per heavy atom. The predicted molar refractivity (Wildman–Crippen MR) is 96.9 cm³/mol. The standard InChI is InChI=1S/C20H28ClNO2/c1-3-24-19-16(7-17(21)8-18(19)23-2)12-22-20-9-13-4-14(10-20)6-15(5-13)11-20/h7-8,13-15,22H,3-6,9-12H2,1-2H3. The van der Waals surface area contributed by atoms with Gasteiger partial charge in [-0.1, -0.05) is 11.6 Å². The van der Waals surface area contributed by atoms with Crippen LogP contribution in [0.3, 0.4) is 0 Å². The molecule has 0 spiro atoms. The molecular formula is C20H28ClNO2. The molecule has 1 aromatic rings. The Balaban J connectivity index is 1.54. The first-order valence-corrected chi connectivity index (χ1v) is 9.73. The molecule has 132 valence electrons. The van der Waals surface area contributed by atoms with Crippen LogP contribution in [0.15, 0.2) is 12.1 Å². The first-order valence-electron chi connectivity index (χ1n) is 9.35. The van der Waals surface area contributed by atoms with Crippen molar-refractivity contribution in [3.8, 4) is 11.5 Å². The molecule has 0 saturated heterocycles. The zero-order chi connectivity index (χ0) is 16.7. The number of methoxy groups -OCH3 is 1. The molecule has 1 aromatic carbocycles. The van der Waals surface area contributed by atoms with Crippen molar-refractivity contribution >= 4 is 11.6 Å². The maximum Gasteiger partial charge on any atom is 0.165 e. The highest BCUT2D eigenvalue weighted by Crippen LogP contribution is 2.55. The van der Waals surface area contributed by atoms with E-state index in [1.807, 2.05) is 19.1 Å². The maximum atomic E-state index is 6.29. The van der Waals surface area contributed by atoms with E-state index in [1.54, 1.807) is 7.11 Å². The van der Waals surface area contributed by atoms with E-state index >= 15 is 0 Å². The monoisotopic (exact) mass is 349 g/mol. The van der Waals surface area contributed by atoms with Crippen molar-refractivity contribution in [1.82, 2.24) is 5.32 Å². The average Bonchev–Trinajstić information content (AvgIpc) is 2.53. The van der Waals surface area contributed by atoms with Crippen molar-refractivity contribution in [2.45, 2.75) is 57.5 Å². The smallest absolute Gasteiger partial charge is 0.165 e. The quantitative estimate of drug-likeness (QED) is 0.799. The van der Waals surface area contributed by atoms with Crippen molar-refractivity contribution < 1.29 is 9.47 Å². The molecule has 0 aromatic heterocycles. The van der Waals surface area contributed by atoms with Gasteiger partial charge in [0.25, 0.3) is 0 Å². The van der Waals surface area contributed by atoms with Crippen molar-refractivity contribution in [2.75, 3.05) is 13.7 Å². The van der Waals surface area contributed by atoms with Crippen molar-refractivity contribution in [3.05, 3.63) is 22.7 Å². The predicted octanol–water partition coefficient (Wildman–Crippen LogP) is 4.81. The highest BCUT2D eigenvalue weighted by molar-refractivity contribution is 6.30. The van der Waals surface area contributed by atoms with E-state index in [0.717, 1.165) is 41.4 Å². The van der Waals surface area contributed by atoms with Gasteiger partial charge in [0.1, 0.15) is 0 Å². The SMILES string of the molecule is CCOc1c(CNC23CC4CC(CC(C4)C2)C3)cc(Cl)cc1OC. The lowest BCUT2D eigenvalue weighted by atomic mass is 9.53. The topological polar surface area (TPSA) is 30.5 Å². The zero-order valence-corrected chi connectivity index (χ0v) is 15.5. The lowest BCUT2D eigenvalue weighted by molar-refractivity contribution is -0.0206. The molecule has 0 atom stereocenters. The van der Waals surface area contributed by atoms with Crippen molar-refractivity contribution in [1.29, 1.82) is 0 Å². The molecule has 0 heterocycles. The molecule has 24 heavy (non-hydrogen) atoms. The Labute approximate surface area is 150 Å². The second-order valence-electron chi connectivity index (χ2n) is 8.08. The molecule has 4 heteroatoms. The summed E-state index contributed by atoms with van der Waals surface area (Å²) in [6.45, 7) is 3.44. The van der Waals surface area contributed by atoms with Gasteiger partial charge in [-0.2, -0.15) is 0 Å². The van der Waals surface area contributed by atoms with Gasteiger partial charge in [-0.05, 0) is 69.3 Å². The van der Waals surface area contributed by atoms with Gasteiger partial charge in [0.05, 0.1) is 13.7 Å². The Morgan fingerprint density at radius 1 is 1.12 bits per heavy atom. The van der Waals surface area contributed by atoms with Crippen LogP contribution >= 0.6 is 11.6 Å². The minimum atomic E-state index is 0.341. The van der Waals surface area contributed by atoms with Crippen LogP contribution < -0.4 is 14.8 Å². The fourth-order valence-electron chi connectivity index (χ4n) is 5.82. The summed E-state index contributed by atoms with van der Waals surface area (Å²) in [6.07, 6.45) is 8.45. The van der Waals surface area contributed by atoms with E-state index in [0.29, 0.717) is 17.2 Å². The van der Waals surface area contributed by atoms with Gasteiger partial charge in [0.15, 0.2) is 11.5 Å². The zero-order valence-electron chi connectivity index (χ0n) is 14.7. The van der Waals surface area contributed by atoms with Crippen LogP contribution in [0.1, 0.15) is 51.0 Å². The molecule has 5 rings (SSSR count). The van der Waals surface area contributed by atoms with Crippen LogP contribution in [0, 0.1) is 17.8 Å². The summed E-state index contributed by atoms with van der Waals surface area (Å²) in [5.74, 6) is 4.41. The lowest BCUT2D eigenvalue weighted by Gasteiger charge is -2.57. The van der Waals surface area contributed by atoms with Crippen LogP contribution in [-0.4, -0.2) is 19.3 Å². The third-order valence-electron chi connectivity index (χ3n) is 6.30. The Bertz CT molecular complexity index is 581. The Morgan fingerprint density at radius 2 is 1.75 bits per heavy atom. The van der Waals surface area contributed by atoms with Crippen molar-refractivity contribution in [2.24, 2.45) is 17.8 Å². The van der Waals surface area contributed by atoms with E-state index in [4.69, 9.17) is 21.1 Å². The van der Waals surface area contributed by atoms with Gasteiger partial charge in [0.2, 0.25) is 0 Å². The van der Waals surface area contributed by atoms with E-state index in [1.165, 1.54) is 38.5 Å². The number of hydrogen-bond donors (Lipinski definition) is 1. The normalized spacial score (nSPS) is 33.7. The van der Waals surface area contributed by atoms with Gasteiger partial charge in [-0.3, -0.25) is 0 Å². The molecule has 0 amide bonds. The summed E-state index contributed by atoms with van der Waals surface area (Å²) >= 11 is 6.29. The number of halogens is 1. The molecule has 1 N–H and O–H groups in total. The van der Waals surface area contributed by atoms with Gasteiger partial charge in [0, 0.05) is 28.7 Å². The molecule has 0 radical (unpaired) electrons. The minimum absolute atomic E-state index is 0.341. The molecule has 4 aliphatic rings. The van der Waals surface area contributed by atoms with E-state index in [9.17, 15) is 0 Å². The molecule has 4 aliphatic carbocycles. The third kappa shape index (κ3) is 3.01. The van der Waals surface area contributed by atoms with Crippen LogP contribution in [0.5, 0.6) is 11.5 Å². The fraction of sp³-hybridized carbons (Fsp3) is 0.700. The second-order valence-corrected chi connectivity index (χ2v) is 8.52. The van der Waals surface area contributed by atoms with Gasteiger partial charge in [-0.25, -0.2) is 0 Å². The summed E-state index contributed by atoms with van der Waals surface area (Å²) in [6, 6.07) is 3.85. The maximum absolute atomic E-state index is 6.29. The average molecular weight is 350 g/mol. The first kappa shape index (κ1) is 16.5. The lowest BCUT2D eigenvalue weighted by Crippen LogP contribution is -2.58. The van der Waals surface area contributed by atoms with Gasteiger partial charge >= 0.3 is 0 Å². The Kier molecular flexibility index (Phi) is 4.42. The van der Waals surface area contributed by atoms with Gasteiger partial charge in [-0.15, -0.1) is 0 Å². The first-order chi connectivity index (χ1) is 11.6. The largest absolute Gasteiger partial charge is 0.493 e. The number of hydrogen-bond acceptors (Lipinski definition) is 3. The van der Waals surface area contributed by atoms with Crippen LogP contribution in [0.25, 0.3) is 0 Å². The Hall–Kier alpha value is -0.930. The molecule has 3 nitrogen and oxygen atoms in total. The third-order valence-corrected chi connectivity index (χ3v) is 6.52. The van der Waals surface area contributed by atoms with Crippen molar-refractivity contribution in [3.63, 3.8) is 0 Å². The second kappa shape index (κ2) is 6.42. The molecule has 0 unspecified atom stereocenters. The van der Waals surface area contributed by atoms with Crippen LogP contribution in [0.2, 0.25) is 5.02 Å². The molecule has 4 bridgehead atoms. The van der Waals surface area contributed by atoms with Crippen LogP contribution in [-0.2, 0) is 6.54 Å². The van der Waals surface area contributed by atoms with Gasteiger partial charge < -0.3 is 14.8 Å². The summed E-state index contributed by atoms with van der Waals surface area (Å²) in [7, 11) is 1.67. The number of ether oxygens (including phenoxy) is 2. The number of benzene rings is 1. The van der Waals surface area contributed by atoms with E-state index < -0.39 is 0 Å². The summed E-state index contributed by atoms with van der Waals surface area (Å²) in [5, 5.41) is 4.63. The summed E-state index contributed by atoms with van der Waals surface area (Å²) < 4.78 is 11.3. The van der Waals surface area contributed by atoms with E-state index in [-0.39, 0.29) is 0 Å². The molecule has 4 saturated carbocycles. The summed E-state index contributed by atoms with van der Waals surface area (Å²) in [5.41, 5.74) is 1.45. The molecule has 0 aliphatic heterocycles. The minimum Gasteiger partial charge on any atom is -0.493 e.